The maximum absolute atomic E-state index is 13.6. The first kappa shape index (κ1) is 21.6. The van der Waals surface area contributed by atoms with Gasteiger partial charge in [-0.3, -0.25) is 0 Å². The first-order chi connectivity index (χ1) is 12.2. The first-order valence-electron chi connectivity index (χ1n) is 7.88. The van der Waals surface area contributed by atoms with Gasteiger partial charge in [-0.1, -0.05) is 20.1 Å². The highest BCUT2D eigenvalue weighted by Crippen LogP contribution is 2.26. The fourth-order valence-electron chi connectivity index (χ4n) is 1.79. The third-order valence-corrected chi connectivity index (χ3v) is 3.59. The van der Waals surface area contributed by atoms with Gasteiger partial charge >= 0.3 is 0 Å². The van der Waals surface area contributed by atoms with E-state index in [-0.39, 0.29) is 30.6 Å². The van der Waals surface area contributed by atoms with Crippen molar-refractivity contribution in [2.75, 3.05) is 20.3 Å². The summed E-state index contributed by atoms with van der Waals surface area (Å²) in [5.41, 5.74) is 0.487. The van der Waals surface area contributed by atoms with Crippen LogP contribution in [0.2, 0.25) is 0 Å². The quantitative estimate of drug-likeness (QED) is 0.479. The van der Waals surface area contributed by atoms with Crippen LogP contribution < -0.4 is 4.74 Å². The van der Waals surface area contributed by atoms with E-state index in [2.05, 4.69) is 13.2 Å². The largest absolute Gasteiger partial charge is 0.505 e. The Morgan fingerprint density at radius 1 is 1.19 bits per heavy atom. The Morgan fingerprint density at radius 2 is 1.85 bits per heavy atom. The number of hydrogen-bond acceptors (Lipinski definition) is 4. The maximum Gasteiger partial charge on any atom is 0.204 e. The molecular formula is C19H23F3O4. The molecule has 0 aliphatic rings. The predicted molar refractivity (Wildman–Crippen MR) is 92.6 cm³/mol. The van der Waals surface area contributed by atoms with E-state index in [0.29, 0.717) is 5.57 Å². The summed E-state index contributed by atoms with van der Waals surface area (Å²) in [4.78, 5) is 0. The van der Waals surface area contributed by atoms with E-state index in [4.69, 9.17) is 19.3 Å². The zero-order valence-electron chi connectivity index (χ0n) is 15.0. The van der Waals surface area contributed by atoms with Gasteiger partial charge in [0.25, 0.3) is 0 Å². The lowest BCUT2D eigenvalue weighted by Gasteiger charge is -2.18. The van der Waals surface area contributed by atoms with Crippen molar-refractivity contribution in [2.24, 2.45) is 5.92 Å². The monoisotopic (exact) mass is 372 g/mol. The number of ether oxygens (including phenoxy) is 3. The second-order valence-electron chi connectivity index (χ2n) is 5.76. The molecule has 0 saturated carbocycles. The van der Waals surface area contributed by atoms with Gasteiger partial charge in [-0.2, -0.15) is 8.78 Å². The van der Waals surface area contributed by atoms with Gasteiger partial charge in [0, 0.05) is 5.92 Å². The van der Waals surface area contributed by atoms with Crippen molar-refractivity contribution in [1.29, 1.82) is 0 Å². The lowest BCUT2D eigenvalue weighted by Crippen LogP contribution is -2.21. The molecule has 0 aliphatic carbocycles. The molecule has 0 fully saturated rings. The van der Waals surface area contributed by atoms with Crippen LogP contribution in [-0.2, 0) is 9.47 Å². The van der Waals surface area contributed by atoms with Crippen molar-refractivity contribution in [1.82, 2.24) is 0 Å². The average Bonchev–Trinajstić information content (AvgIpc) is 2.62. The minimum atomic E-state index is -1.37. The Bertz CT molecular complexity index is 686. The Hall–Kier alpha value is -2.41. The molecule has 2 unspecified atom stereocenters. The second-order valence-corrected chi connectivity index (χ2v) is 5.76. The number of rotatable bonds is 10. The molecule has 0 aromatic heterocycles. The maximum atomic E-state index is 13.6. The van der Waals surface area contributed by atoms with Gasteiger partial charge in [0.1, 0.15) is 12.4 Å². The Balaban J connectivity index is 2.49. The lowest BCUT2D eigenvalue weighted by molar-refractivity contribution is 0.0201. The molecule has 4 nitrogen and oxygen atoms in total. The molecular weight excluding hydrogens is 349 g/mol. The molecule has 1 aromatic carbocycles. The van der Waals surface area contributed by atoms with Crippen molar-refractivity contribution in [3.05, 3.63) is 60.2 Å². The van der Waals surface area contributed by atoms with E-state index in [1.165, 1.54) is 13.2 Å². The Kier molecular flexibility index (Phi) is 8.25. The van der Waals surface area contributed by atoms with Crippen molar-refractivity contribution in [3.63, 3.8) is 0 Å². The van der Waals surface area contributed by atoms with Crippen LogP contribution in [0.3, 0.4) is 0 Å². The summed E-state index contributed by atoms with van der Waals surface area (Å²) < 4.78 is 55.9. The number of halogens is 3. The van der Waals surface area contributed by atoms with Gasteiger partial charge in [-0.15, -0.1) is 0 Å². The molecule has 0 heterocycles. The first-order valence-corrected chi connectivity index (χ1v) is 7.88. The topological polar surface area (TPSA) is 47.9 Å². The number of hydrogen-bond donors (Lipinski definition) is 1. The summed E-state index contributed by atoms with van der Waals surface area (Å²) in [5, 5.41) is 9.06. The average molecular weight is 372 g/mol. The Labute approximate surface area is 151 Å². The fraction of sp³-hybridized carbons (Fsp3) is 0.368. The highest BCUT2D eigenvalue weighted by molar-refractivity contribution is 5.34. The zero-order chi connectivity index (χ0) is 19.9. The normalized spacial score (nSPS) is 13.8. The molecule has 7 heteroatoms. The number of phenolic OH excluding ortho intramolecular Hbond substituents is 1. The van der Waals surface area contributed by atoms with Crippen LogP contribution in [0.4, 0.5) is 13.2 Å². The molecule has 1 N–H and O–H groups in total. The lowest BCUT2D eigenvalue weighted by atomic mass is 10.0. The van der Waals surface area contributed by atoms with E-state index in [1.807, 2.05) is 0 Å². The van der Waals surface area contributed by atoms with E-state index >= 15 is 0 Å². The van der Waals surface area contributed by atoms with Crippen molar-refractivity contribution in [3.8, 4) is 11.5 Å². The molecule has 0 saturated heterocycles. The smallest absolute Gasteiger partial charge is 0.204 e. The van der Waals surface area contributed by atoms with E-state index < -0.39 is 29.3 Å². The third-order valence-electron chi connectivity index (χ3n) is 3.59. The van der Waals surface area contributed by atoms with Crippen molar-refractivity contribution < 1.29 is 32.5 Å². The van der Waals surface area contributed by atoms with Crippen LogP contribution in [0, 0.1) is 17.6 Å². The minimum Gasteiger partial charge on any atom is -0.505 e. The molecule has 0 radical (unpaired) electrons. The Morgan fingerprint density at radius 3 is 2.46 bits per heavy atom. The number of aromatic hydroxyl groups is 1. The van der Waals surface area contributed by atoms with Gasteiger partial charge in [0.15, 0.2) is 17.3 Å². The van der Waals surface area contributed by atoms with E-state index in [9.17, 15) is 13.2 Å². The highest BCUT2D eigenvalue weighted by atomic mass is 19.2. The number of methoxy groups -OCH3 is 1. The second kappa shape index (κ2) is 9.91. The van der Waals surface area contributed by atoms with Crippen LogP contribution >= 0.6 is 0 Å². The molecule has 26 heavy (non-hydrogen) atoms. The molecule has 0 spiro atoms. The standard InChI is InChI=1S/C19H23F3O4/c1-11(8-15(20)14(4)24-5)12(2)9-25-13(3)10-26-17-7-6-16(23)18(21)19(17)22/h6-8,12-13,23H,1,4,9-10H2,2-3,5H3/b15-8+. The molecule has 2 atom stereocenters. The molecule has 144 valence electrons. The van der Waals surface area contributed by atoms with Crippen LogP contribution in [0.15, 0.2) is 48.5 Å². The summed E-state index contributed by atoms with van der Waals surface area (Å²) in [6.45, 7) is 10.8. The van der Waals surface area contributed by atoms with Crippen LogP contribution in [0.5, 0.6) is 11.5 Å². The van der Waals surface area contributed by atoms with Crippen molar-refractivity contribution >= 4 is 0 Å². The fourth-order valence-corrected chi connectivity index (χ4v) is 1.79. The van der Waals surface area contributed by atoms with Gasteiger partial charge in [0.2, 0.25) is 11.6 Å². The van der Waals surface area contributed by atoms with E-state index in [0.717, 1.165) is 12.1 Å². The van der Waals surface area contributed by atoms with Crippen LogP contribution in [0.1, 0.15) is 13.8 Å². The molecule has 1 rings (SSSR count). The van der Waals surface area contributed by atoms with Crippen LogP contribution in [-0.4, -0.2) is 31.5 Å². The molecule has 0 bridgehead atoms. The summed E-state index contributed by atoms with van der Waals surface area (Å²) in [7, 11) is 1.32. The van der Waals surface area contributed by atoms with Gasteiger partial charge in [0.05, 0.1) is 19.8 Å². The summed E-state index contributed by atoms with van der Waals surface area (Å²) in [6.07, 6.45) is 0.777. The number of phenols is 1. The SMILES string of the molecule is C=C(OC)/C(F)=C\C(=C)C(C)COC(C)COc1ccc(O)c(F)c1F. The zero-order valence-corrected chi connectivity index (χ0v) is 15.0. The third kappa shape index (κ3) is 6.15. The predicted octanol–water partition coefficient (Wildman–Crippen LogP) is 4.66. The summed E-state index contributed by atoms with van der Waals surface area (Å²) >= 11 is 0. The van der Waals surface area contributed by atoms with Gasteiger partial charge in [-0.05, 0) is 30.7 Å². The number of allylic oxidation sites excluding steroid dienone is 2. The summed E-state index contributed by atoms with van der Waals surface area (Å²) in [6, 6.07) is 2.13. The van der Waals surface area contributed by atoms with Crippen molar-refractivity contribution in [2.45, 2.75) is 20.0 Å². The number of benzene rings is 1. The highest BCUT2D eigenvalue weighted by Gasteiger charge is 2.16. The molecule has 1 aromatic rings. The summed E-state index contributed by atoms with van der Waals surface area (Å²) in [5.74, 6) is -4.66. The van der Waals surface area contributed by atoms with E-state index in [1.54, 1.807) is 13.8 Å². The van der Waals surface area contributed by atoms with Gasteiger partial charge in [-0.25, -0.2) is 4.39 Å². The molecule has 0 aliphatic heterocycles. The van der Waals surface area contributed by atoms with Gasteiger partial charge < -0.3 is 19.3 Å². The molecule has 0 amide bonds. The minimum absolute atomic E-state index is 0.0367. The van der Waals surface area contributed by atoms with Crippen LogP contribution in [0.25, 0.3) is 0 Å².